The van der Waals surface area contributed by atoms with Crippen molar-refractivity contribution in [1.82, 2.24) is 9.29 Å². The number of para-hydroxylation sites is 1. The van der Waals surface area contributed by atoms with E-state index in [-0.39, 0.29) is 17.4 Å². The first kappa shape index (κ1) is 15.9. The molecule has 3 rings (SSSR count). The molecule has 1 N–H and O–H groups in total. The van der Waals surface area contributed by atoms with E-state index in [1.807, 2.05) is 6.92 Å². The maximum Gasteiger partial charge on any atom is 0.307 e. The Balaban J connectivity index is 2.05. The lowest BCUT2D eigenvalue weighted by Crippen LogP contribution is -2.45. The lowest BCUT2D eigenvalue weighted by atomic mass is 9.92. The second kappa shape index (κ2) is 5.90. The van der Waals surface area contributed by atoms with Gasteiger partial charge in [-0.3, -0.25) is 9.78 Å². The van der Waals surface area contributed by atoms with Crippen LogP contribution >= 0.6 is 0 Å². The molecule has 2 heterocycles. The molecule has 6 nitrogen and oxygen atoms in total. The van der Waals surface area contributed by atoms with Crippen LogP contribution in [0.3, 0.4) is 0 Å². The van der Waals surface area contributed by atoms with E-state index in [9.17, 15) is 18.3 Å². The summed E-state index contributed by atoms with van der Waals surface area (Å²) in [5.41, 5.74) is 0.417. The minimum absolute atomic E-state index is 0.00237. The standard InChI is InChI=1S/C16H18N2O4S/c1-11-8-13(16(19)20)10-18(9-11)23(21,22)14-6-2-4-12-5-3-7-17-15(12)14/h2-7,11,13H,8-10H2,1H3,(H,19,20). The van der Waals surface area contributed by atoms with Crippen molar-refractivity contribution in [3.63, 3.8) is 0 Å². The number of carboxylic acids is 1. The van der Waals surface area contributed by atoms with Crippen LogP contribution in [0.25, 0.3) is 10.9 Å². The molecule has 0 amide bonds. The number of rotatable bonds is 3. The quantitative estimate of drug-likeness (QED) is 0.927. The van der Waals surface area contributed by atoms with Crippen molar-refractivity contribution in [2.45, 2.75) is 18.2 Å². The largest absolute Gasteiger partial charge is 0.481 e. The fourth-order valence-electron chi connectivity index (χ4n) is 3.10. The maximum atomic E-state index is 13.0. The molecule has 1 aromatic carbocycles. The summed E-state index contributed by atoms with van der Waals surface area (Å²) >= 11 is 0. The number of nitrogens with zero attached hydrogens (tertiary/aromatic N) is 2. The summed E-state index contributed by atoms with van der Waals surface area (Å²) in [6.07, 6.45) is 2.05. The van der Waals surface area contributed by atoms with Crippen LogP contribution in [-0.2, 0) is 14.8 Å². The van der Waals surface area contributed by atoms with Gasteiger partial charge in [-0.1, -0.05) is 25.1 Å². The predicted octanol–water partition coefficient (Wildman–Crippen LogP) is 1.97. The minimum Gasteiger partial charge on any atom is -0.481 e. The summed E-state index contributed by atoms with van der Waals surface area (Å²) in [6.45, 7) is 2.21. The Labute approximate surface area is 134 Å². The zero-order chi connectivity index (χ0) is 16.6. The Bertz CT molecular complexity index is 845. The van der Waals surface area contributed by atoms with E-state index in [0.29, 0.717) is 18.5 Å². The Morgan fingerprint density at radius 3 is 2.74 bits per heavy atom. The van der Waals surface area contributed by atoms with Gasteiger partial charge >= 0.3 is 5.97 Å². The highest BCUT2D eigenvalue weighted by Gasteiger charge is 2.36. The van der Waals surface area contributed by atoms with Crippen LogP contribution in [0.15, 0.2) is 41.4 Å². The molecule has 1 aliphatic heterocycles. The fraction of sp³-hybridized carbons (Fsp3) is 0.375. The van der Waals surface area contributed by atoms with Gasteiger partial charge in [-0.05, 0) is 24.5 Å². The van der Waals surface area contributed by atoms with Gasteiger partial charge in [-0.25, -0.2) is 8.42 Å². The first-order valence-electron chi connectivity index (χ1n) is 7.46. The van der Waals surface area contributed by atoms with Gasteiger partial charge in [-0.2, -0.15) is 4.31 Å². The molecule has 0 radical (unpaired) electrons. The molecule has 7 heteroatoms. The van der Waals surface area contributed by atoms with Gasteiger partial charge in [0.2, 0.25) is 10.0 Å². The van der Waals surface area contributed by atoms with Crippen LogP contribution in [-0.4, -0.2) is 41.9 Å². The number of benzene rings is 1. The van der Waals surface area contributed by atoms with Gasteiger partial charge in [0.1, 0.15) is 4.90 Å². The second-order valence-electron chi connectivity index (χ2n) is 6.03. The number of pyridine rings is 1. The molecule has 0 saturated carbocycles. The summed E-state index contributed by atoms with van der Waals surface area (Å²) in [4.78, 5) is 15.6. The number of hydrogen-bond donors (Lipinski definition) is 1. The van der Waals surface area contributed by atoms with E-state index < -0.39 is 21.9 Å². The highest BCUT2D eigenvalue weighted by molar-refractivity contribution is 7.89. The normalized spacial score (nSPS) is 23.0. The number of piperidine rings is 1. The molecule has 0 spiro atoms. The van der Waals surface area contributed by atoms with Crippen molar-refractivity contribution in [1.29, 1.82) is 0 Å². The zero-order valence-corrected chi connectivity index (χ0v) is 13.5. The van der Waals surface area contributed by atoms with Crippen LogP contribution in [0.1, 0.15) is 13.3 Å². The molecule has 0 aliphatic carbocycles. The first-order valence-corrected chi connectivity index (χ1v) is 8.90. The topological polar surface area (TPSA) is 87.6 Å². The summed E-state index contributed by atoms with van der Waals surface area (Å²) in [7, 11) is -3.78. The Hall–Kier alpha value is -1.99. The van der Waals surface area contributed by atoms with E-state index in [4.69, 9.17) is 0 Å². The highest BCUT2D eigenvalue weighted by atomic mass is 32.2. The van der Waals surface area contributed by atoms with Crippen molar-refractivity contribution in [2.24, 2.45) is 11.8 Å². The third kappa shape index (κ3) is 2.94. The molecular weight excluding hydrogens is 316 g/mol. The SMILES string of the molecule is CC1CC(C(=O)O)CN(S(=O)(=O)c2cccc3cccnc23)C1. The average molecular weight is 334 g/mol. The molecule has 1 saturated heterocycles. The minimum atomic E-state index is -3.78. The number of aliphatic carboxylic acids is 1. The van der Waals surface area contributed by atoms with Crippen LogP contribution in [0.4, 0.5) is 0 Å². The molecule has 2 aromatic rings. The van der Waals surface area contributed by atoms with Gasteiger partial charge in [-0.15, -0.1) is 0 Å². The van der Waals surface area contributed by atoms with Crippen LogP contribution in [0, 0.1) is 11.8 Å². The van der Waals surface area contributed by atoms with Crippen molar-refractivity contribution in [3.05, 3.63) is 36.5 Å². The van der Waals surface area contributed by atoms with Crippen molar-refractivity contribution < 1.29 is 18.3 Å². The van der Waals surface area contributed by atoms with Crippen LogP contribution in [0.2, 0.25) is 0 Å². The van der Waals surface area contributed by atoms with E-state index >= 15 is 0 Å². The van der Waals surface area contributed by atoms with Gasteiger partial charge in [0.15, 0.2) is 0 Å². The van der Waals surface area contributed by atoms with E-state index in [0.717, 1.165) is 5.39 Å². The van der Waals surface area contributed by atoms with E-state index in [2.05, 4.69) is 4.98 Å². The fourth-order valence-corrected chi connectivity index (χ4v) is 4.87. The Morgan fingerprint density at radius 1 is 1.26 bits per heavy atom. The van der Waals surface area contributed by atoms with Gasteiger partial charge in [0, 0.05) is 24.7 Å². The van der Waals surface area contributed by atoms with Crippen molar-refractivity contribution >= 4 is 26.9 Å². The van der Waals surface area contributed by atoms with E-state index in [1.54, 1.807) is 30.5 Å². The van der Waals surface area contributed by atoms with Crippen LogP contribution < -0.4 is 0 Å². The highest BCUT2D eigenvalue weighted by Crippen LogP contribution is 2.29. The molecule has 2 unspecified atom stereocenters. The third-order valence-corrected chi connectivity index (χ3v) is 6.05. The second-order valence-corrected chi connectivity index (χ2v) is 7.94. The number of hydrogen-bond acceptors (Lipinski definition) is 4. The van der Waals surface area contributed by atoms with Gasteiger partial charge in [0.05, 0.1) is 11.4 Å². The first-order chi connectivity index (χ1) is 10.9. The predicted molar refractivity (Wildman–Crippen MR) is 85.4 cm³/mol. The Kier molecular flexibility index (Phi) is 4.08. The van der Waals surface area contributed by atoms with Crippen molar-refractivity contribution in [2.75, 3.05) is 13.1 Å². The lowest BCUT2D eigenvalue weighted by molar-refractivity contribution is -0.143. The molecule has 0 bridgehead atoms. The monoisotopic (exact) mass is 334 g/mol. The van der Waals surface area contributed by atoms with Gasteiger partial charge in [0.25, 0.3) is 0 Å². The molecular formula is C16H18N2O4S. The van der Waals surface area contributed by atoms with E-state index in [1.165, 1.54) is 10.4 Å². The molecule has 1 aliphatic rings. The number of sulfonamides is 1. The molecule has 1 aromatic heterocycles. The molecule has 23 heavy (non-hydrogen) atoms. The van der Waals surface area contributed by atoms with Crippen molar-refractivity contribution in [3.8, 4) is 0 Å². The van der Waals surface area contributed by atoms with Gasteiger partial charge < -0.3 is 5.11 Å². The molecule has 122 valence electrons. The average Bonchev–Trinajstić information content (AvgIpc) is 2.53. The number of carbonyl (C=O) groups is 1. The number of carboxylic acid groups (broad SMARTS) is 1. The number of aromatic nitrogens is 1. The summed E-state index contributed by atoms with van der Waals surface area (Å²) < 4.78 is 27.3. The summed E-state index contributed by atoms with van der Waals surface area (Å²) in [6, 6.07) is 8.57. The Morgan fingerprint density at radius 2 is 2.00 bits per heavy atom. The molecule has 2 atom stereocenters. The maximum absolute atomic E-state index is 13.0. The zero-order valence-electron chi connectivity index (χ0n) is 12.7. The van der Waals surface area contributed by atoms with Crippen LogP contribution in [0.5, 0.6) is 0 Å². The summed E-state index contributed by atoms with van der Waals surface area (Å²) in [5.74, 6) is -1.62. The smallest absolute Gasteiger partial charge is 0.307 e. The number of fused-ring (bicyclic) bond motifs is 1. The lowest BCUT2D eigenvalue weighted by Gasteiger charge is -2.33. The summed E-state index contributed by atoms with van der Waals surface area (Å²) in [5, 5.41) is 9.99. The molecule has 1 fully saturated rings. The third-order valence-electron chi connectivity index (χ3n) is 4.19.